The zero-order chi connectivity index (χ0) is 21.8. The molecule has 1 aliphatic rings. The lowest BCUT2D eigenvalue weighted by Gasteiger charge is -2.17. The van der Waals surface area contributed by atoms with E-state index in [1.165, 1.54) is 12.1 Å². The van der Waals surface area contributed by atoms with Crippen LogP contribution < -0.4 is 15.8 Å². The smallest absolute Gasteiger partial charge is 0.293 e. The van der Waals surface area contributed by atoms with Gasteiger partial charge in [-0.15, -0.1) is 0 Å². The van der Waals surface area contributed by atoms with Crippen LogP contribution in [0.4, 0.5) is 11.4 Å². The van der Waals surface area contributed by atoms with Crippen molar-refractivity contribution in [2.24, 2.45) is 0 Å². The van der Waals surface area contributed by atoms with E-state index in [-0.39, 0.29) is 23.6 Å². The second-order valence-electron chi connectivity index (χ2n) is 7.47. The van der Waals surface area contributed by atoms with Gasteiger partial charge in [-0.05, 0) is 41.3 Å². The van der Waals surface area contributed by atoms with E-state index >= 15 is 0 Å². The standard InChI is InChI=1S/C23H22N4O4/c28-22(15-17-8-5-7-16-6-1-2-9-19(16)17)24-25-23(29)18-10-11-20(21(14-18)27(30)31)26-12-3-4-13-26/h1-2,5-11,14H,3-4,12-13,15H2,(H,24,28)(H,25,29). The molecule has 0 atom stereocenters. The van der Waals surface area contributed by atoms with Crippen molar-refractivity contribution in [2.75, 3.05) is 18.0 Å². The van der Waals surface area contributed by atoms with Crippen LogP contribution in [0.3, 0.4) is 0 Å². The number of anilines is 1. The summed E-state index contributed by atoms with van der Waals surface area (Å²) < 4.78 is 0. The van der Waals surface area contributed by atoms with E-state index < -0.39 is 10.8 Å². The van der Waals surface area contributed by atoms with Gasteiger partial charge in [0.2, 0.25) is 5.91 Å². The summed E-state index contributed by atoms with van der Waals surface area (Å²) in [5, 5.41) is 13.5. The third-order valence-corrected chi connectivity index (χ3v) is 5.43. The molecule has 8 nitrogen and oxygen atoms in total. The number of benzene rings is 3. The molecule has 8 heteroatoms. The van der Waals surface area contributed by atoms with Crippen molar-refractivity contribution < 1.29 is 14.5 Å². The topological polar surface area (TPSA) is 105 Å². The fraction of sp³-hybridized carbons (Fsp3) is 0.217. The molecule has 0 spiro atoms. The van der Waals surface area contributed by atoms with Crippen LogP contribution in [0.15, 0.2) is 60.7 Å². The predicted molar refractivity (Wildman–Crippen MR) is 118 cm³/mol. The summed E-state index contributed by atoms with van der Waals surface area (Å²) in [5.74, 6) is -0.991. The van der Waals surface area contributed by atoms with Gasteiger partial charge in [0.15, 0.2) is 0 Å². The third-order valence-electron chi connectivity index (χ3n) is 5.43. The van der Waals surface area contributed by atoms with Gasteiger partial charge in [-0.2, -0.15) is 0 Å². The Kier molecular flexibility index (Phi) is 5.79. The second-order valence-corrected chi connectivity index (χ2v) is 7.47. The molecular formula is C23H22N4O4. The zero-order valence-corrected chi connectivity index (χ0v) is 16.8. The molecule has 2 N–H and O–H groups in total. The van der Waals surface area contributed by atoms with Gasteiger partial charge in [0.1, 0.15) is 5.69 Å². The number of rotatable bonds is 5. The molecule has 0 radical (unpaired) electrons. The van der Waals surface area contributed by atoms with Crippen molar-refractivity contribution >= 4 is 34.0 Å². The number of amides is 2. The number of nitrogens with one attached hydrogen (secondary N) is 2. The number of nitrogens with zero attached hydrogens (tertiary/aromatic N) is 2. The van der Waals surface area contributed by atoms with E-state index in [1.807, 2.05) is 47.4 Å². The Bertz CT molecular complexity index is 1150. The minimum atomic E-state index is -0.609. The van der Waals surface area contributed by atoms with Gasteiger partial charge >= 0.3 is 0 Å². The molecule has 158 valence electrons. The van der Waals surface area contributed by atoms with Crippen LogP contribution in [0.1, 0.15) is 28.8 Å². The number of nitro benzene ring substituents is 1. The Morgan fingerprint density at radius 2 is 1.71 bits per heavy atom. The molecule has 0 saturated carbocycles. The molecule has 0 aromatic heterocycles. The number of hydrogen-bond acceptors (Lipinski definition) is 5. The van der Waals surface area contributed by atoms with Crippen molar-refractivity contribution in [2.45, 2.75) is 19.3 Å². The maximum absolute atomic E-state index is 12.5. The lowest BCUT2D eigenvalue weighted by molar-refractivity contribution is -0.384. The number of carbonyl (C=O) groups is 2. The number of hydrazine groups is 1. The molecule has 1 saturated heterocycles. The Labute approximate surface area is 179 Å². The highest BCUT2D eigenvalue weighted by molar-refractivity contribution is 5.97. The molecule has 4 rings (SSSR count). The van der Waals surface area contributed by atoms with E-state index in [0.29, 0.717) is 5.69 Å². The summed E-state index contributed by atoms with van der Waals surface area (Å²) >= 11 is 0. The number of nitro groups is 1. The summed E-state index contributed by atoms with van der Waals surface area (Å²) in [4.78, 5) is 37.8. The van der Waals surface area contributed by atoms with E-state index in [9.17, 15) is 19.7 Å². The first kappa shape index (κ1) is 20.3. The van der Waals surface area contributed by atoms with Gasteiger partial charge in [-0.3, -0.25) is 30.6 Å². The van der Waals surface area contributed by atoms with Gasteiger partial charge in [0, 0.05) is 24.7 Å². The van der Waals surface area contributed by atoms with Crippen molar-refractivity contribution in [3.05, 3.63) is 81.9 Å². The van der Waals surface area contributed by atoms with Gasteiger partial charge < -0.3 is 4.90 Å². The van der Waals surface area contributed by atoms with Crippen molar-refractivity contribution in [3.8, 4) is 0 Å². The second kappa shape index (κ2) is 8.83. The summed E-state index contributed by atoms with van der Waals surface area (Å²) in [6.07, 6.45) is 2.07. The maximum Gasteiger partial charge on any atom is 0.293 e. The highest BCUT2D eigenvalue weighted by Crippen LogP contribution is 2.31. The molecule has 1 aliphatic heterocycles. The van der Waals surface area contributed by atoms with Crippen LogP contribution in [-0.2, 0) is 11.2 Å². The lowest BCUT2D eigenvalue weighted by atomic mass is 10.0. The molecule has 31 heavy (non-hydrogen) atoms. The average Bonchev–Trinajstić information content (AvgIpc) is 3.32. The first-order chi connectivity index (χ1) is 15.0. The van der Waals surface area contributed by atoms with Gasteiger partial charge in [0.25, 0.3) is 11.6 Å². The molecule has 1 heterocycles. The first-order valence-corrected chi connectivity index (χ1v) is 10.1. The van der Waals surface area contributed by atoms with Crippen LogP contribution >= 0.6 is 0 Å². The maximum atomic E-state index is 12.5. The van der Waals surface area contributed by atoms with Crippen LogP contribution in [0, 0.1) is 10.1 Å². The fourth-order valence-corrected chi connectivity index (χ4v) is 3.90. The molecule has 0 aliphatic carbocycles. The average molecular weight is 418 g/mol. The Morgan fingerprint density at radius 3 is 2.48 bits per heavy atom. The highest BCUT2D eigenvalue weighted by Gasteiger charge is 2.24. The lowest BCUT2D eigenvalue weighted by Crippen LogP contribution is -2.42. The molecule has 1 fully saturated rings. The first-order valence-electron chi connectivity index (χ1n) is 10.1. The Hall–Kier alpha value is -3.94. The monoisotopic (exact) mass is 418 g/mol. The summed E-state index contributed by atoms with van der Waals surface area (Å²) in [6.45, 7) is 1.52. The van der Waals surface area contributed by atoms with Crippen molar-refractivity contribution in [3.63, 3.8) is 0 Å². The normalized spacial score (nSPS) is 13.2. The Morgan fingerprint density at radius 1 is 0.968 bits per heavy atom. The van der Waals surface area contributed by atoms with Gasteiger partial charge in [-0.25, -0.2) is 0 Å². The SMILES string of the molecule is O=C(Cc1cccc2ccccc12)NNC(=O)c1ccc(N2CCCC2)c([N+](=O)[O-])c1. The zero-order valence-electron chi connectivity index (χ0n) is 16.8. The minimum Gasteiger partial charge on any atom is -0.366 e. The Balaban J connectivity index is 1.43. The molecule has 0 unspecified atom stereocenters. The van der Waals surface area contributed by atoms with E-state index in [4.69, 9.17) is 0 Å². The van der Waals surface area contributed by atoms with Gasteiger partial charge in [-0.1, -0.05) is 42.5 Å². The van der Waals surface area contributed by atoms with E-state index in [1.54, 1.807) is 6.07 Å². The van der Waals surface area contributed by atoms with Crippen LogP contribution in [0.2, 0.25) is 0 Å². The minimum absolute atomic E-state index is 0.0929. The quantitative estimate of drug-likeness (QED) is 0.488. The fourth-order valence-electron chi connectivity index (χ4n) is 3.90. The summed E-state index contributed by atoms with van der Waals surface area (Å²) in [7, 11) is 0. The molecule has 2 amide bonds. The number of carbonyl (C=O) groups excluding carboxylic acids is 2. The summed E-state index contributed by atoms with van der Waals surface area (Å²) in [6, 6.07) is 17.8. The summed E-state index contributed by atoms with van der Waals surface area (Å²) in [5.41, 5.74) is 6.09. The van der Waals surface area contributed by atoms with E-state index in [2.05, 4.69) is 10.9 Å². The largest absolute Gasteiger partial charge is 0.366 e. The molecule has 3 aromatic rings. The molecule has 0 bridgehead atoms. The highest BCUT2D eigenvalue weighted by atomic mass is 16.6. The van der Waals surface area contributed by atoms with E-state index in [0.717, 1.165) is 42.3 Å². The molecule has 3 aromatic carbocycles. The van der Waals surface area contributed by atoms with Crippen molar-refractivity contribution in [1.29, 1.82) is 0 Å². The number of fused-ring (bicyclic) bond motifs is 1. The number of hydrogen-bond donors (Lipinski definition) is 2. The predicted octanol–water partition coefficient (Wildman–Crippen LogP) is 3.35. The van der Waals surface area contributed by atoms with Crippen LogP contribution in [0.25, 0.3) is 10.8 Å². The van der Waals surface area contributed by atoms with Gasteiger partial charge in [0.05, 0.1) is 11.3 Å². The van der Waals surface area contributed by atoms with Crippen molar-refractivity contribution in [1.82, 2.24) is 10.9 Å². The molecular weight excluding hydrogens is 396 g/mol. The third kappa shape index (κ3) is 4.48. The van der Waals surface area contributed by atoms with Crippen LogP contribution in [-0.4, -0.2) is 29.8 Å². The van der Waals surface area contributed by atoms with Crippen LogP contribution in [0.5, 0.6) is 0 Å².